The lowest BCUT2D eigenvalue weighted by Gasteiger charge is -2.19. The Morgan fingerprint density at radius 1 is 1.26 bits per heavy atom. The fraction of sp³-hybridized carbons (Fsp3) is 0.562. The number of carbonyl (C=O) groups is 1. The maximum Gasteiger partial charge on any atom is 0.165 e. The number of hydrogen-bond acceptors (Lipinski definition) is 3. The molecular formula is C16H22O3. The van der Waals surface area contributed by atoms with Crippen LogP contribution in [0.5, 0.6) is 0 Å². The third-order valence-electron chi connectivity index (χ3n) is 3.44. The van der Waals surface area contributed by atoms with Crippen molar-refractivity contribution >= 4 is 6.29 Å². The summed E-state index contributed by atoms with van der Waals surface area (Å²) in [5.74, 6) is 0.802. The van der Waals surface area contributed by atoms with Crippen LogP contribution >= 0.6 is 0 Å². The van der Waals surface area contributed by atoms with Gasteiger partial charge in [-0.2, -0.15) is 0 Å². The van der Waals surface area contributed by atoms with Gasteiger partial charge in [0, 0.05) is 5.92 Å². The Balaban J connectivity index is 1.99. The molecule has 0 aromatic heterocycles. The molecule has 0 aliphatic carbocycles. The predicted octanol–water partition coefficient (Wildman–Crippen LogP) is 2.93. The van der Waals surface area contributed by atoms with Gasteiger partial charge < -0.3 is 14.3 Å². The Morgan fingerprint density at radius 2 is 1.95 bits per heavy atom. The van der Waals surface area contributed by atoms with Gasteiger partial charge in [-0.15, -0.1) is 0 Å². The number of rotatable bonds is 5. The van der Waals surface area contributed by atoms with E-state index in [-0.39, 0.29) is 12.2 Å². The van der Waals surface area contributed by atoms with Crippen molar-refractivity contribution in [2.45, 2.75) is 45.5 Å². The van der Waals surface area contributed by atoms with E-state index in [1.54, 1.807) is 0 Å². The van der Waals surface area contributed by atoms with Gasteiger partial charge in [-0.1, -0.05) is 45.0 Å². The highest BCUT2D eigenvalue weighted by Gasteiger charge is 2.30. The Morgan fingerprint density at radius 3 is 2.47 bits per heavy atom. The summed E-state index contributed by atoms with van der Waals surface area (Å²) < 4.78 is 11.0. The summed E-state index contributed by atoms with van der Waals surface area (Å²) in [6.45, 7) is 6.87. The third-order valence-corrected chi connectivity index (χ3v) is 3.44. The van der Waals surface area contributed by atoms with Gasteiger partial charge in [0.15, 0.2) is 12.6 Å². The van der Waals surface area contributed by atoms with Gasteiger partial charge in [0.1, 0.15) is 6.10 Å². The van der Waals surface area contributed by atoms with Gasteiger partial charge in [0.25, 0.3) is 0 Å². The zero-order chi connectivity index (χ0) is 13.8. The predicted molar refractivity (Wildman–Crippen MR) is 74.1 cm³/mol. The molecule has 1 aromatic rings. The van der Waals surface area contributed by atoms with Crippen LogP contribution in [0.2, 0.25) is 0 Å². The Labute approximate surface area is 114 Å². The van der Waals surface area contributed by atoms with Crippen LogP contribution in [0.25, 0.3) is 0 Å². The van der Waals surface area contributed by atoms with Gasteiger partial charge in [-0.25, -0.2) is 0 Å². The summed E-state index contributed by atoms with van der Waals surface area (Å²) in [5, 5.41) is 0. The van der Waals surface area contributed by atoms with Gasteiger partial charge in [-0.3, -0.25) is 0 Å². The third kappa shape index (κ3) is 3.64. The van der Waals surface area contributed by atoms with Crippen LogP contribution in [-0.2, 0) is 20.7 Å². The average Bonchev–Trinajstić information content (AvgIpc) is 2.87. The van der Waals surface area contributed by atoms with E-state index in [1.165, 1.54) is 11.1 Å². The lowest BCUT2D eigenvalue weighted by Crippen LogP contribution is -2.19. The quantitative estimate of drug-likeness (QED) is 0.765. The Bertz CT molecular complexity index is 411. The molecular weight excluding hydrogens is 240 g/mol. The fourth-order valence-electron chi connectivity index (χ4n) is 2.36. The van der Waals surface area contributed by atoms with E-state index in [0.717, 1.165) is 12.7 Å². The summed E-state index contributed by atoms with van der Waals surface area (Å²) in [6.07, 6.45) is 1.18. The van der Waals surface area contributed by atoms with Crippen molar-refractivity contribution in [1.29, 1.82) is 0 Å². The van der Waals surface area contributed by atoms with E-state index >= 15 is 0 Å². The number of carbonyl (C=O) groups excluding carboxylic acids is 1. The first-order chi connectivity index (χ1) is 9.10. The van der Waals surface area contributed by atoms with E-state index in [4.69, 9.17) is 9.47 Å². The van der Waals surface area contributed by atoms with Crippen molar-refractivity contribution in [1.82, 2.24) is 0 Å². The number of aldehydes is 1. The molecule has 3 atom stereocenters. The van der Waals surface area contributed by atoms with Crippen molar-refractivity contribution in [2.75, 3.05) is 6.61 Å². The molecule has 104 valence electrons. The van der Waals surface area contributed by atoms with E-state index < -0.39 is 6.10 Å². The molecule has 2 rings (SSSR count). The summed E-state index contributed by atoms with van der Waals surface area (Å²) in [7, 11) is 0. The van der Waals surface area contributed by atoms with Crippen molar-refractivity contribution in [3.63, 3.8) is 0 Å². The van der Waals surface area contributed by atoms with Crippen LogP contribution in [-0.4, -0.2) is 25.3 Å². The number of hydrogen-bond donors (Lipinski definition) is 0. The second-order valence-corrected chi connectivity index (χ2v) is 5.64. The van der Waals surface area contributed by atoms with Gasteiger partial charge in [-0.05, 0) is 23.5 Å². The number of ether oxygens (including phenoxy) is 2. The zero-order valence-corrected chi connectivity index (χ0v) is 11.8. The molecule has 1 saturated heterocycles. The second-order valence-electron chi connectivity index (χ2n) is 5.64. The topological polar surface area (TPSA) is 35.5 Å². The average molecular weight is 262 g/mol. The minimum Gasteiger partial charge on any atom is -0.349 e. The molecule has 3 unspecified atom stereocenters. The maximum absolute atomic E-state index is 10.7. The van der Waals surface area contributed by atoms with E-state index in [1.807, 2.05) is 0 Å². The summed E-state index contributed by atoms with van der Waals surface area (Å²) in [5.41, 5.74) is 2.54. The Hall–Kier alpha value is -1.19. The minimum atomic E-state index is -0.410. The van der Waals surface area contributed by atoms with Crippen molar-refractivity contribution in [3.05, 3.63) is 35.4 Å². The first-order valence-electron chi connectivity index (χ1n) is 6.91. The van der Waals surface area contributed by atoms with Crippen LogP contribution in [0.15, 0.2) is 24.3 Å². The maximum atomic E-state index is 10.7. The molecule has 0 radical (unpaired) electrons. The zero-order valence-electron chi connectivity index (χ0n) is 11.8. The highest BCUT2D eigenvalue weighted by molar-refractivity contribution is 5.56. The highest BCUT2D eigenvalue weighted by Crippen LogP contribution is 2.27. The molecule has 3 heteroatoms. The van der Waals surface area contributed by atoms with Crippen LogP contribution in [0, 0.1) is 5.92 Å². The lowest BCUT2D eigenvalue weighted by atomic mass is 9.96. The first kappa shape index (κ1) is 14.2. The smallest absolute Gasteiger partial charge is 0.165 e. The van der Waals surface area contributed by atoms with Crippen molar-refractivity contribution in [2.24, 2.45) is 5.92 Å². The molecule has 0 N–H and O–H groups in total. The molecule has 1 fully saturated rings. The summed E-state index contributed by atoms with van der Waals surface area (Å²) in [4.78, 5) is 10.7. The Kier molecular flexibility index (Phi) is 4.72. The van der Waals surface area contributed by atoms with Crippen molar-refractivity contribution < 1.29 is 14.3 Å². The van der Waals surface area contributed by atoms with Crippen LogP contribution in [0.1, 0.15) is 37.8 Å². The van der Waals surface area contributed by atoms with Gasteiger partial charge in [0.2, 0.25) is 0 Å². The molecule has 1 aromatic carbocycles. The second kappa shape index (κ2) is 6.31. The summed E-state index contributed by atoms with van der Waals surface area (Å²) in [6, 6.07) is 8.59. The largest absolute Gasteiger partial charge is 0.349 e. The molecule has 0 bridgehead atoms. The lowest BCUT2D eigenvalue weighted by molar-refractivity contribution is -0.120. The molecule has 0 saturated carbocycles. The minimum absolute atomic E-state index is 0.137. The van der Waals surface area contributed by atoms with E-state index in [2.05, 4.69) is 45.0 Å². The van der Waals surface area contributed by atoms with Crippen LogP contribution < -0.4 is 0 Å². The first-order valence-corrected chi connectivity index (χ1v) is 6.91. The number of benzene rings is 1. The monoisotopic (exact) mass is 262 g/mol. The molecule has 1 aliphatic rings. The van der Waals surface area contributed by atoms with E-state index in [9.17, 15) is 4.79 Å². The van der Waals surface area contributed by atoms with Crippen LogP contribution in [0.4, 0.5) is 0 Å². The summed E-state index contributed by atoms with van der Waals surface area (Å²) >= 11 is 0. The molecule has 0 amide bonds. The standard InChI is InChI=1S/C16H22O3/c1-11(2)8-13-4-6-14(7-5-13)12(3)16-18-10-15(9-17)19-16/h4-7,9,11-12,15-16H,8,10H2,1-3H3. The highest BCUT2D eigenvalue weighted by atomic mass is 16.7. The molecule has 1 aliphatic heterocycles. The normalized spacial score (nSPS) is 24.6. The molecule has 19 heavy (non-hydrogen) atoms. The van der Waals surface area contributed by atoms with Gasteiger partial charge >= 0.3 is 0 Å². The van der Waals surface area contributed by atoms with E-state index in [0.29, 0.717) is 12.5 Å². The van der Waals surface area contributed by atoms with Crippen molar-refractivity contribution in [3.8, 4) is 0 Å². The van der Waals surface area contributed by atoms with Crippen LogP contribution in [0.3, 0.4) is 0 Å². The molecule has 0 spiro atoms. The fourth-order valence-corrected chi connectivity index (χ4v) is 2.36. The SMILES string of the molecule is CC(C)Cc1ccc(C(C)C2OCC(C=O)O2)cc1. The molecule has 3 nitrogen and oxygen atoms in total. The molecule has 1 heterocycles. The van der Waals surface area contributed by atoms with Gasteiger partial charge in [0.05, 0.1) is 6.61 Å².